The zero-order chi connectivity index (χ0) is 31.9. The zero-order valence-corrected chi connectivity index (χ0v) is 24.8. The Morgan fingerprint density at radius 3 is 2.44 bits per heavy atom. The summed E-state index contributed by atoms with van der Waals surface area (Å²) in [5.74, 6) is -1.98. The number of fused-ring (bicyclic) bond motifs is 1. The number of hydrogen-bond donors (Lipinski definition) is 7. The number of amides is 4. The highest BCUT2D eigenvalue weighted by Gasteiger charge is 2.44. The number of para-hydroxylation sites is 1. The minimum atomic E-state index is -1.34. The molecule has 3 aromatic rings. The molecular weight excluding hydrogens is 578 g/mol. The molecule has 4 amide bonds. The maximum Gasteiger partial charge on any atom is 0.250 e. The molecule has 2 aliphatic rings. The first-order valence-corrected chi connectivity index (χ1v) is 15.1. The van der Waals surface area contributed by atoms with Gasteiger partial charge in [0.15, 0.2) is 0 Å². The van der Waals surface area contributed by atoms with Gasteiger partial charge in [0.05, 0.1) is 23.4 Å². The number of aromatic nitrogens is 1. The maximum absolute atomic E-state index is 13.8. The van der Waals surface area contributed by atoms with Crippen LogP contribution in [0.3, 0.4) is 0 Å². The minimum Gasteiger partial charge on any atom is -0.383 e. The van der Waals surface area contributed by atoms with Gasteiger partial charge >= 0.3 is 0 Å². The molecule has 13 heteroatoms. The number of nitrogens with two attached hydrogens (primary N) is 1. The number of nitrogens with one attached hydrogen (secondary N) is 4. The molecule has 0 saturated carbocycles. The Hall–Kier alpha value is -4.43. The molecule has 13 nitrogen and oxygen atoms in total. The van der Waals surface area contributed by atoms with E-state index in [-0.39, 0.29) is 38.3 Å². The Morgan fingerprint density at radius 1 is 0.956 bits per heavy atom. The van der Waals surface area contributed by atoms with Crippen molar-refractivity contribution in [3.8, 4) is 0 Å². The second kappa shape index (κ2) is 14.6. The van der Waals surface area contributed by atoms with E-state index in [0.717, 1.165) is 16.5 Å². The number of benzene rings is 2. The van der Waals surface area contributed by atoms with E-state index in [9.17, 15) is 29.4 Å². The smallest absolute Gasteiger partial charge is 0.250 e. The van der Waals surface area contributed by atoms with Crippen molar-refractivity contribution in [1.29, 1.82) is 0 Å². The molecule has 2 aliphatic heterocycles. The van der Waals surface area contributed by atoms with Gasteiger partial charge in [-0.15, -0.1) is 0 Å². The van der Waals surface area contributed by atoms with Crippen molar-refractivity contribution in [2.24, 2.45) is 5.73 Å². The number of hydrogen-bond acceptors (Lipinski definition) is 9. The van der Waals surface area contributed by atoms with E-state index in [1.165, 1.54) is 4.90 Å². The number of aliphatic hydroxyl groups is 2. The van der Waals surface area contributed by atoms with Crippen LogP contribution in [0.1, 0.15) is 24.8 Å². The lowest BCUT2D eigenvalue weighted by atomic mass is 10.1. The number of rotatable bonds is 11. The molecule has 2 unspecified atom stereocenters. The number of anilines is 1. The van der Waals surface area contributed by atoms with Crippen LogP contribution in [0.4, 0.5) is 5.69 Å². The molecular formula is C32H39N7O6. The summed E-state index contributed by atoms with van der Waals surface area (Å²) in [4.78, 5) is 58.2. The van der Waals surface area contributed by atoms with Crippen LogP contribution in [-0.4, -0.2) is 99.7 Å². The Kier molecular flexibility index (Phi) is 10.4. The van der Waals surface area contributed by atoms with E-state index < -0.39 is 54.1 Å². The molecule has 2 fully saturated rings. The third-order valence-corrected chi connectivity index (χ3v) is 8.24. The molecule has 6 atom stereocenters. The van der Waals surface area contributed by atoms with E-state index in [1.54, 1.807) is 12.3 Å². The molecule has 0 spiro atoms. The van der Waals surface area contributed by atoms with Crippen LogP contribution in [0.5, 0.6) is 0 Å². The molecule has 0 aliphatic carbocycles. The maximum atomic E-state index is 13.8. The van der Waals surface area contributed by atoms with Crippen LogP contribution in [0, 0.1) is 0 Å². The average molecular weight is 618 g/mol. The van der Waals surface area contributed by atoms with Crippen molar-refractivity contribution >= 4 is 40.2 Å². The fourth-order valence-corrected chi connectivity index (χ4v) is 5.81. The molecule has 5 rings (SSSR count). The Bertz CT molecular complexity index is 1520. The lowest BCUT2D eigenvalue weighted by molar-refractivity contribution is -0.138. The van der Waals surface area contributed by atoms with Crippen LogP contribution >= 0.6 is 0 Å². The SMILES string of the molecule is NCC(O)C(=O)N[C@H]1CN[C@H](C(=O)N2C[C@H](NC(=O)C(O)CCc3ccccc3)C[C@H]2C(=O)Nc2cnc3ccccc3c2)C1. The van der Waals surface area contributed by atoms with E-state index in [0.29, 0.717) is 18.7 Å². The molecule has 0 bridgehead atoms. The van der Waals surface area contributed by atoms with Crippen molar-refractivity contribution < 1.29 is 29.4 Å². The predicted molar refractivity (Wildman–Crippen MR) is 167 cm³/mol. The number of carbonyl (C=O) groups is 4. The van der Waals surface area contributed by atoms with Gasteiger partial charge in [0, 0.05) is 37.1 Å². The normalized spacial score (nSPS) is 22.5. The first-order valence-electron chi connectivity index (χ1n) is 15.1. The summed E-state index contributed by atoms with van der Waals surface area (Å²) in [6.07, 6.45) is 0.0805. The van der Waals surface area contributed by atoms with Crippen molar-refractivity contribution in [2.45, 2.75) is 62.1 Å². The summed E-state index contributed by atoms with van der Waals surface area (Å²) in [5.41, 5.74) is 7.61. The van der Waals surface area contributed by atoms with Gasteiger partial charge in [0.1, 0.15) is 18.2 Å². The van der Waals surface area contributed by atoms with Gasteiger partial charge < -0.3 is 42.1 Å². The summed E-state index contributed by atoms with van der Waals surface area (Å²) in [5, 5.41) is 32.6. The lowest BCUT2D eigenvalue weighted by Gasteiger charge is -2.26. The van der Waals surface area contributed by atoms with Crippen LogP contribution in [-0.2, 0) is 25.6 Å². The van der Waals surface area contributed by atoms with Gasteiger partial charge in [-0.1, -0.05) is 48.5 Å². The number of nitrogens with zero attached hydrogens (tertiary/aromatic N) is 2. The Balaban J connectivity index is 1.26. The fourth-order valence-electron chi connectivity index (χ4n) is 5.81. The molecule has 0 radical (unpaired) electrons. The summed E-state index contributed by atoms with van der Waals surface area (Å²) in [6.45, 7) is 0.130. The van der Waals surface area contributed by atoms with Crippen molar-refractivity contribution in [3.63, 3.8) is 0 Å². The first kappa shape index (κ1) is 32.0. The first-order chi connectivity index (χ1) is 21.7. The van der Waals surface area contributed by atoms with Gasteiger partial charge in [-0.2, -0.15) is 0 Å². The molecule has 238 valence electrons. The van der Waals surface area contributed by atoms with Gasteiger partial charge in [0.25, 0.3) is 0 Å². The third kappa shape index (κ3) is 8.00. The van der Waals surface area contributed by atoms with Crippen molar-refractivity contribution in [2.75, 3.05) is 25.0 Å². The van der Waals surface area contributed by atoms with Gasteiger partial charge in [-0.05, 0) is 43.4 Å². The highest BCUT2D eigenvalue weighted by atomic mass is 16.3. The lowest BCUT2D eigenvalue weighted by Crippen LogP contribution is -2.50. The topological polar surface area (TPSA) is 199 Å². The Labute approximate surface area is 260 Å². The quantitative estimate of drug-likeness (QED) is 0.147. The molecule has 2 aromatic carbocycles. The summed E-state index contributed by atoms with van der Waals surface area (Å²) in [6, 6.07) is 16.2. The Morgan fingerprint density at radius 2 is 1.67 bits per heavy atom. The largest absolute Gasteiger partial charge is 0.383 e. The summed E-state index contributed by atoms with van der Waals surface area (Å²) < 4.78 is 0. The van der Waals surface area contributed by atoms with Crippen LogP contribution in [0.25, 0.3) is 10.9 Å². The van der Waals surface area contributed by atoms with Crippen molar-refractivity contribution in [3.05, 3.63) is 72.4 Å². The molecule has 8 N–H and O–H groups in total. The number of aryl methyl sites for hydroxylation is 1. The van der Waals surface area contributed by atoms with E-state index in [1.807, 2.05) is 54.6 Å². The van der Waals surface area contributed by atoms with Crippen LogP contribution < -0.4 is 27.0 Å². The molecule has 2 saturated heterocycles. The number of pyridine rings is 1. The third-order valence-electron chi connectivity index (χ3n) is 8.24. The highest BCUT2D eigenvalue weighted by molar-refractivity contribution is 5.99. The number of aliphatic hydroxyl groups excluding tert-OH is 2. The highest BCUT2D eigenvalue weighted by Crippen LogP contribution is 2.24. The van der Waals surface area contributed by atoms with E-state index in [4.69, 9.17) is 5.73 Å². The van der Waals surface area contributed by atoms with Crippen molar-refractivity contribution in [1.82, 2.24) is 25.8 Å². The summed E-state index contributed by atoms with van der Waals surface area (Å²) >= 11 is 0. The fraction of sp³-hybridized carbons (Fsp3) is 0.406. The van der Waals surface area contributed by atoms with E-state index in [2.05, 4.69) is 26.3 Å². The molecule has 45 heavy (non-hydrogen) atoms. The van der Waals surface area contributed by atoms with Gasteiger partial charge in [0.2, 0.25) is 23.6 Å². The molecule has 1 aromatic heterocycles. The van der Waals surface area contributed by atoms with Gasteiger partial charge in [-0.3, -0.25) is 24.2 Å². The minimum absolute atomic E-state index is 0.0606. The monoisotopic (exact) mass is 617 g/mol. The average Bonchev–Trinajstić information content (AvgIpc) is 3.70. The standard InChI is InChI=1S/C32H39N7O6/c33-15-28(41)31(44)37-22-13-25(35-17-22)32(45)39-18-23(38-30(43)27(40)11-10-19-6-2-1-3-7-19)14-26(39)29(42)36-21-12-20-8-4-5-9-24(20)34-16-21/h1-9,12,16,22-23,25-28,35,40-41H,10-11,13-15,17-18,33H2,(H,36,42)(H,37,44)(H,38,43)/t22-,23-,25+,26+,27?,28?/m1/s1. The van der Waals surface area contributed by atoms with Crippen LogP contribution in [0.15, 0.2) is 66.9 Å². The van der Waals surface area contributed by atoms with Gasteiger partial charge in [-0.25, -0.2) is 0 Å². The van der Waals surface area contributed by atoms with Crippen LogP contribution in [0.2, 0.25) is 0 Å². The van der Waals surface area contributed by atoms with E-state index >= 15 is 0 Å². The predicted octanol–water partition coefficient (Wildman–Crippen LogP) is -0.581. The number of likely N-dealkylation sites (tertiary alicyclic amines) is 1. The zero-order valence-electron chi connectivity index (χ0n) is 24.8. The number of carbonyl (C=O) groups excluding carboxylic acids is 4. The molecule has 3 heterocycles. The second-order valence-electron chi connectivity index (χ2n) is 11.5. The second-order valence-corrected chi connectivity index (χ2v) is 11.5. The summed E-state index contributed by atoms with van der Waals surface area (Å²) in [7, 11) is 0.